The maximum atomic E-state index is 11.2. The lowest BCUT2D eigenvalue weighted by Crippen LogP contribution is -2.47. The van der Waals surface area contributed by atoms with Gasteiger partial charge in [-0.05, 0) is 42.2 Å². The number of hydrogen-bond donors (Lipinski definition) is 3. The number of phenols is 1. The molecule has 0 saturated heterocycles. The van der Waals surface area contributed by atoms with Gasteiger partial charge in [-0.15, -0.1) is 0 Å². The zero-order valence-corrected chi connectivity index (χ0v) is 14.3. The number of rotatable bonds is 5. The van der Waals surface area contributed by atoms with E-state index in [1.165, 1.54) is 12.1 Å². The van der Waals surface area contributed by atoms with Gasteiger partial charge in [-0.1, -0.05) is 25.1 Å². The first kappa shape index (κ1) is 17.5. The van der Waals surface area contributed by atoms with E-state index in [9.17, 15) is 9.90 Å². The minimum atomic E-state index is -0.164. The van der Waals surface area contributed by atoms with E-state index in [0.29, 0.717) is 23.5 Å². The number of nitriles is 1. The lowest BCUT2D eigenvalue weighted by molar-refractivity contribution is -0.118. The quantitative estimate of drug-likeness (QED) is 0.771. The van der Waals surface area contributed by atoms with Crippen molar-refractivity contribution >= 4 is 5.91 Å². The number of hydrogen-bond acceptors (Lipinski definition) is 5. The molecule has 0 spiro atoms. The van der Waals surface area contributed by atoms with Crippen LogP contribution >= 0.6 is 0 Å². The summed E-state index contributed by atoms with van der Waals surface area (Å²) in [6, 6.07) is 12.5. The highest BCUT2D eigenvalue weighted by Gasteiger charge is 2.14. The molecule has 0 radical (unpaired) electrons. The van der Waals surface area contributed by atoms with Crippen molar-refractivity contribution in [3.63, 3.8) is 0 Å². The number of phenolic OH excluding ortho intramolecular Hbond substituents is 1. The van der Waals surface area contributed by atoms with E-state index < -0.39 is 0 Å². The minimum Gasteiger partial charge on any atom is -0.504 e. The van der Waals surface area contributed by atoms with E-state index in [2.05, 4.69) is 10.9 Å². The third-order valence-electron chi connectivity index (χ3n) is 4.14. The number of benzene rings is 2. The Morgan fingerprint density at radius 2 is 2.08 bits per heavy atom. The fraction of sp³-hybridized carbons (Fsp3) is 0.200. The van der Waals surface area contributed by atoms with Crippen LogP contribution in [0.2, 0.25) is 0 Å². The lowest BCUT2D eigenvalue weighted by Gasteiger charge is -2.20. The van der Waals surface area contributed by atoms with Crippen LogP contribution in [0, 0.1) is 11.3 Å². The van der Waals surface area contributed by atoms with Crippen LogP contribution < -0.4 is 15.6 Å². The van der Waals surface area contributed by atoms with E-state index in [4.69, 9.17) is 10.00 Å². The Morgan fingerprint density at radius 1 is 1.23 bits per heavy atom. The van der Waals surface area contributed by atoms with Crippen molar-refractivity contribution in [3.05, 3.63) is 65.2 Å². The van der Waals surface area contributed by atoms with Gasteiger partial charge in [0.05, 0.1) is 11.6 Å². The van der Waals surface area contributed by atoms with Crippen LogP contribution in [0.1, 0.15) is 23.6 Å². The first-order valence-corrected chi connectivity index (χ1v) is 8.35. The molecule has 132 valence electrons. The summed E-state index contributed by atoms with van der Waals surface area (Å²) in [5.41, 5.74) is 7.94. The Bertz CT molecular complexity index is 900. The number of carbonyl (C=O) groups excluding carboxylic acids is 1. The number of nitrogens with zero attached hydrogens (tertiary/aromatic N) is 1. The van der Waals surface area contributed by atoms with Crippen LogP contribution in [0.4, 0.5) is 0 Å². The molecule has 6 nitrogen and oxygen atoms in total. The van der Waals surface area contributed by atoms with E-state index >= 15 is 0 Å². The van der Waals surface area contributed by atoms with Gasteiger partial charge in [0.2, 0.25) is 0 Å². The number of aromatic hydroxyl groups is 1. The second-order valence-corrected chi connectivity index (χ2v) is 6.00. The van der Waals surface area contributed by atoms with Gasteiger partial charge in [0.1, 0.15) is 5.75 Å². The fourth-order valence-corrected chi connectivity index (χ4v) is 2.73. The summed E-state index contributed by atoms with van der Waals surface area (Å²) in [4.78, 5) is 11.2. The van der Waals surface area contributed by atoms with Crippen LogP contribution in [-0.4, -0.2) is 17.1 Å². The maximum absolute atomic E-state index is 11.2. The number of hydrazine groups is 1. The molecule has 1 aliphatic rings. The Hall–Kier alpha value is -3.30. The average molecular weight is 349 g/mol. The van der Waals surface area contributed by atoms with Gasteiger partial charge >= 0.3 is 0 Å². The van der Waals surface area contributed by atoms with Crippen LogP contribution in [-0.2, 0) is 17.6 Å². The molecular weight excluding hydrogens is 330 g/mol. The molecule has 2 aromatic carbocycles. The third kappa shape index (κ3) is 4.02. The van der Waals surface area contributed by atoms with Crippen molar-refractivity contribution in [2.75, 3.05) is 0 Å². The molecule has 2 aromatic rings. The van der Waals surface area contributed by atoms with Gasteiger partial charge in [0, 0.05) is 18.2 Å². The summed E-state index contributed by atoms with van der Waals surface area (Å²) in [6.07, 6.45) is 4.79. The summed E-state index contributed by atoms with van der Waals surface area (Å²) >= 11 is 0. The maximum Gasteiger partial charge on any atom is 0.257 e. The zero-order chi connectivity index (χ0) is 18.5. The SMILES string of the molecule is CCc1ccc(CC2C=CC(=O)NN2)cc1Oc1ccc(C#N)cc1O. The Balaban J connectivity index is 1.83. The third-order valence-corrected chi connectivity index (χ3v) is 4.14. The second kappa shape index (κ2) is 7.72. The van der Waals surface area contributed by atoms with E-state index in [0.717, 1.165) is 17.5 Å². The molecule has 3 N–H and O–H groups in total. The van der Waals surface area contributed by atoms with E-state index in [1.807, 2.05) is 37.3 Å². The molecule has 26 heavy (non-hydrogen) atoms. The molecule has 1 amide bonds. The molecule has 1 heterocycles. The minimum absolute atomic E-state index is 0.00339. The molecule has 0 aromatic heterocycles. The molecular formula is C20H19N3O3. The summed E-state index contributed by atoms with van der Waals surface area (Å²) in [5.74, 6) is 0.728. The highest BCUT2D eigenvalue weighted by atomic mass is 16.5. The standard InChI is InChI=1S/C20H19N3O3/c1-2-15-5-3-13(9-16-6-8-20(25)23-22-16)11-19(15)26-18-7-4-14(12-21)10-17(18)24/h3-8,10-11,16,22,24H,2,9H2,1H3,(H,23,25). The normalized spacial score (nSPS) is 16.0. The highest BCUT2D eigenvalue weighted by molar-refractivity contribution is 5.87. The van der Waals surface area contributed by atoms with Gasteiger partial charge in [-0.3, -0.25) is 10.2 Å². The molecule has 3 rings (SSSR count). The smallest absolute Gasteiger partial charge is 0.257 e. The van der Waals surface area contributed by atoms with Crippen molar-refractivity contribution in [1.29, 1.82) is 5.26 Å². The number of ether oxygens (including phenoxy) is 1. The van der Waals surface area contributed by atoms with Crippen LogP contribution in [0.3, 0.4) is 0 Å². The predicted octanol–water partition coefficient (Wildman–Crippen LogP) is 2.72. The van der Waals surface area contributed by atoms with Crippen molar-refractivity contribution in [2.24, 2.45) is 0 Å². The van der Waals surface area contributed by atoms with Gasteiger partial charge in [0.15, 0.2) is 11.5 Å². The van der Waals surface area contributed by atoms with Gasteiger partial charge in [-0.2, -0.15) is 5.26 Å². The van der Waals surface area contributed by atoms with E-state index in [1.54, 1.807) is 12.1 Å². The molecule has 1 atom stereocenters. The first-order chi connectivity index (χ1) is 12.6. The van der Waals surface area contributed by atoms with Crippen LogP contribution in [0.25, 0.3) is 0 Å². The molecule has 6 heteroatoms. The first-order valence-electron chi connectivity index (χ1n) is 8.35. The van der Waals surface area contributed by atoms with Crippen LogP contribution in [0.5, 0.6) is 17.2 Å². The number of nitrogens with one attached hydrogen (secondary N) is 2. The number of amides is 1. The van der Waals surface area contributed by atoms with Gasteiger partial charge in [0.25, 0.3) is 5.91 Å². The predicted molar refractivity (Wildman–Crippen MR) is 96.6 cm³/mol. The second-order valence-electron chi connectivity index (χ2n) is 6.00. The summed E-state index contributed by atoms with van der Waals surface area (Å²) in [7, 11) is 0. The van der Waals surface area contributed by atoms with Crippen molar-refractivity contribution in [3.8, 4) is 23.3 Å². The Morgan fingerprint density at radius 3 is 2.73 bits per heavy atom. The Labute approximate surface area is 151 Å². The fourth-order valence-electron chi connectivity index (χ4n) is 2.73. The summed E-state index contributed by atoms with van der Waals surface area (Å²) < 4.78 is 5.91. The van der Waals surface area contributed by atoms with Crippen molar-refractivity contribution < 1.29 is 14.6 Å². The molecule has 1 unspecified atom stereocenters. The zero-order valence-electron chi connectivity index (χ0n) is 14.3. The highest BCUT2D eigenvalue weighted by Crippen LogP contribution is 2.34. The molecule has 0 bridgehead atoms. The Kier molecular flexibility index (Phi) is 5.20. The van der Waals surface area contributed by atoms with Crippen LogP contribution in [0.15, 0.2) is 48.6 Å². The monoisotopic (exact) mass is 349 g/mol. The summed E-state index contributed by atoms with van der Waals surface area (Å²) in [5, 5.41) is 19.0. The van der Waals surface area contributed by atoms with Crippen molar-refractivity contribution in [1.82, 2.24) is 10.9 Å². The molecule has 1 aliphatic heterocycles. The molecule has 0 fully saturated rings. The average Bonchev–Trinajstić information content (AvgIpc) is 2.65. The lowest BCUT2D eigenvalue weighted by atomic mass is 10.0. The molecule has 0 aliphatic carbocycles. The van der Waals surface area contributed by atoms with Gasteiger partial charge < -0.3 is 9.84 Å². The largest absolute Gasteiger partial charge is 0.504 e. The number of aryl methyl sites for hydroxylation is 1. The van der Waals surface area contributed by atoms with E-state index in [-0.39, 0.29) is 17.7 Å². The summed E-state index contributed by atoms with van der Waals surface area (Å²) in [6.45, 7) is 2.03. The van der Waals surface area contributed by atoms with Crippen molar-refractivity contribution in [2.45, 2.75) is 25.8 Å². The number of carbonyl (C=O) groups is 1. The topological polar surface area (TPSA) is 94.4 Å². The van der Waals surface area contributed by atoms with Gasteiger partial charge in [-0.25, -0.2) is 5.43 Å². The molecule has 0 saturated carbocycles.